The van der Waals surface area contributed by atoms with E-state index in [-0.39, 0.29) is 31.3 Å². The number of rotatable bonds is 14. The lowest BCUT2D eigenvalue weighted by Crippen LogP contribution is -2.42. The normalized spacial score (nSPS) is 13.9. The second kappa shape index (κ2) is 16.3. The number of carbonyl (C=O) groups excluding carboxylic acids is 3. The lowest BCUT2D eigenvalue weighted by atomic mass is 9.79. The van der Waals surface area contributed by atoms with Crippen molar-refractivity contribution in [3.63, 3.8) is 0 Å². The maximum absolute atomic E-state index is 12.1. The average molecular weight is 528 g/mol. The van der Waals surface area contributed by atoms with Gasteiger partial charge in [-0.25, -0.2) is 14.4 Å². The summed E-state index contributed by atoms with van der Waals surface area (Å²) in [5.41, 5.74) is 6.35. The summed E-state index contributed by atoms with van der Waals surface area (Å²) in [5, 5.41) is 9.66. The van der Waals surface area contributed by atoms with Crippen LogP contribution in [0.15, 0.2) is 18.2 Å². The molecule has 0 spiro atoms. The standard InChI is InChI=1S/C25H37NO11/c1-6-9-10-13-34-25(31)35-16(5)15(4)20(21(26)22(27)28)17-11-12-18(36-23(29)32-7-2)19(14-17)37-24(30)33-8-3/h11-12,14-16,20-21H,6-10,13,26H2,1-5H3,(H,27,28)/t15-,16+,20?,21-/m0/s1. The molecule has 0 saturated heterocycles. The summed E-state index contributed by atoms with van der Waals surface area (Å²) in [4.78, 5) is 47.8. The Morgan fingerprint density at radius 1 is 0.865 bits per heavy atom. The molecular formula is C25H37NO11. The summed E-state index contributed by atoms with van der Waals surface area (Å²) in [6.45, 7) is 8.73. The Labute approximate surface area is 216 Å². The zero-order valence-electron chi connectivity index (χ0n) is 21.9. The summed E-state index contributed by atoms with van der Waals surface area (Å²) in [7, 11) is 0. The zero-order valence-corrected chi connectivity index (χ0v) is 21.9. The molecule has 1 unspecified atom stereocenters. The zero-order chi connectivity index (χ0) is 28.0. The molecule has 0 aromatic heterocycles. The molecule has 0 heterocycles. The monoisotopic (exact) mass is 527 g/mol. The molecule has 3 N–H and O–H groups in total. The molecule has 0 bridgehead atoms. The quantitative estimate of drug-likeness (QED) is 0.149. The van der Waals surface area contributed by atoms with Gasteiger partial charge in [0.05, 0.1) is 19.8 Å². The highest BCUT2D eigenvalue weighted by atomic mass is 16.7. The predicted molar refractivity (Wildman–Crippen MR) is 131 cm³/mol. The highest BCUT2D eigenvalue weighted by Crippen LogP contribution is 2.37. The molecular weight excluding hydrogens is 490 g/mol. The lowest BCUT2D eigenvalue weighted by Gasteiger charge is -2.31. The van der Waals surface area contributed by atoms with Crippen LogP contribution in [0.5, 0.6) is 11.5 Å². The van der Waals surface area contributed by atoms with Crippen molar-refractivity contribution in [2.24, 2.45) is 11.7 Å². The van der Waals surface area contributed by atoms with Gasteiger partial charge < -0.3 is 39.3 Å². The van der Waals surface area contributed by atoms with Crippen LogP contribution < -0.4 is 15.2 Å². The number of hydrogen-bond donors (Lipinski definition) is 2. The fourth-order valence-electron chi connectivity index (χ4n) is 3.45. The number of ether oxygens (including phenoxy) is 6. The van der Waals surface area contributed by atoms with Gasteiger partial charge in [-0.1, -0.05) is 32.8 Å². The predicted octanol–water partition coefficient (Wildman–Crippen LogP) is 4.62. The van der Waals surface area contributed by atoms with E-state index in [2.05, 4.69) is 0 Å². The Hall–Kier alpha value is -3.54. The highest BCUT2D eigenvalue weighted by Gasteiger charge is 2.36. The second-order valence-corrected chi connectivity index (χ2v) is 8.15. The van der Waals surface area contributed by atoms with Crippen LogP contribution >= 0.6 is 0 Å². The van der Waals surface area contributed by atoms with E-state index in [0.717, 1.165) is 12.8 Å². The van der Waals surface area contributed by atoms with Gasteiger partial charge in [0.25, 0.3) is 0 Å². The van der Waals surface area contributed by atoms with E-state index in [0.29, 0.717) is 12.0 Å². The van der Waals surface area contributed by atoms with Crippen molar-refractivity contribution in [2.45, 2.75) is 71.9 Å². The molecule has 0 aliphatic heterocycles. The fourth-order valence-corrected chi connectivity index (χ4v) is 3.45. The molecule has 208 valence electrons. The third-order valence-electron chi connectivity index (χ3n) is 5.49. The molecule has 12 heteroatoms. The van der Waals surface area contributed by atoms with Gasteiger partial charge in [0.1, 0.15) is 12.1 Å². The molecule has 1 aromatic rings. The maximum atomic E-state index is 12.1. The third kappa shape index (κ3) is 10.5. The van der Waals surface area contributed by atoms with E-state index < -0.39 is 48.4 Å². The van der Waals surface area contributed by atoms with Crippen molar-refractivity contribution in [1.82, 2.24) is 0 Å². The number of nitrogens with two attached hydrogens (primary N) is 1. The van der Waals surface area contributed by atoms with E-state index >= 15 is 0 Å². The van der Waals surface area contributed by atoms with Crippen molar-refractivity contribution in [3.05, 3.63) is 23.8 Å². The SMILES string of the molecule is CCCCCOC(=O)O[C@H](C)[C@H](C)C(c1ccc(OC(=O)OCC)c(OC(=O)OCC)c1)[C@H](N)C(=O)O. The van der Waals surface area contributed by atoms with Gasteiger partial charge in [0, 0.05) is 11.8 Å². The van der Waals surface area contributed by atoms with Crippen molar-refractivity contribution in [2.75, 3.05) is 19.8 Å². The first-order valence-electron chi connectivity index (χ1n) is 12.2. The first-order chi connectivity index (χ1) is 17.5. The molecule has 12 nitrogen and oxygen atoms in total. The molecule has 0 aliphatic rings. The Morgan fingerprint density at radius 3 is 2.00 bits per heavy atom. The van der Waals surface area contributed by atoms with E-state index in [4.69, 9.17) is 34.2 Å². The maximum Gasteiger partial charge on any atom is 0.513 e. The van der Waals surface area contributed by atoms with Gasteiger partial charge in [0.15, 0.2) is 11.5 Å². The van der Waals surface area contributed by atoms with E-state index in [9.17, 15) is 24.3 Å². The minimum atomic E-state index is -1.42. The Bertz CT molecular complexity index is 905. The van der Waals surface area contributed by atoms with Gasteiger partial charge >= 0.3 is 24.4 Å². The summed E-state index contributed by atoms with van der Waals surface area (Å²) in [5.74, 6) is -3.22. The number of carboxylic acids is 1. The van der Waals surface area contributed by atoms with E-state index in [1.165, 1.54) is 18.2 Å². The average Bonchev–Trinajstić information content (AvgIpc) is 2.83. The number of aliphatic carboxylic acids is 1. The molecule has 4 atom stereocenters. The van der Waals surface area contributed by atoms with Crippen LogP contribution in [0.4, 0.5) is 14.4 Å². The first-order valence-corrected chi connectivity index (χ1v) is 12.2. The van der Waals surface area contributed by atoms with Crippen LogP contribution in [0.25, 0.3) is 0 Å². The molecule has 1 aromatic carbocycles. The van der Waals surface area contributed by atoms with Crippen molar-refractivity contribution in [3.8, 4) is 11.5 Å². The van der Waals surface area contributed by atoms with Gasteiger partial charge in [-0.3, -0.25) is 4.79 Å². The fraction of sp³-hybridized carbons (Fsp3) is 0.600. The number of hydrogen-bond acceptors (Lipinski definition) is 11. The topological polar surface area (TPSA) is 170 Å². The summed E-state index contributed by atoms with van der Waals surface area (Å²) in [6, 6.07) is 2.66. The van der Waals surface area contributed by atoms with Gasteiger partial charge in [0.2, 0.25) is 0 Å². The smallest absolute Gasteiger partial charge is 0.480 e. The second-order valence-electron chi connectivity index (χ2n) is 8.15. The van der Waals surface area contributed by atoms with Gasteiger partial charge in [-0.05, 0) is 44.9 Å². The van der Waals surface area contributed by atoms with Crippen LogP contribution in [-0.2, 0) is 23.7 Å². The van der Waals surface area contributed by atoms with E-state index in [1.807, 2.05) is 6.92 Å². The summed E-state index contributed by atoms with van der Waals surface area (Å²) < 4.78 is 30.3. The number of carboxylic acid groups (broad SMARTS) is 1. The molecule has 1 rings (SSSR count). The Kier molecular flexibility index (Phi) is 13.8. The highest BCUT2D eigenvalue weighted by molar-refractivity contribution is 5.75. The molecule has 0 amide bonds. The van der Waals surface area contributed by atoms with E-state index in [1.54, 1.807) is 27.7 Å². The molecule has 37 heavy (non-hydrogen) atoms. The minimum absolute atomic E-state index is 0.0273. The Balaban J connectivity index is 3.27. The minimum Gasteiger partial charge on any atom is -0.480 e. The van der Waals surface area contributed by atoms with Crippen LogP contribution in [0.2, 0.25) is 0 Å². The van der Waals surface area contributed by atoms with Crippen LogP contribution in [0, 0.1) is 5.92 Å². The molecule has 0 fully saturated rings. The number of carbonyl (C=O) groups is 4. The van der Waals surface area contributed by atoms with Gasteiger partial charge in [-0.15, -0.1) is 0 Å². The van der Waals surface area contributed by atoms with Crippen LogP contribution in [0.1, 0.15) is 65.4 Å². The van der Waals surface area contributed by atoms with Crippen molar-refractivity contribution >= 4 is 24.4 Å². The summed E-state index contributed by atoms with van der Waals surface area (Å²) >= 11 is 0. The first kappa shape index (κ1) is 31.5. The van der Waals surface area contributed by atoms with Crippen LogP contribution in [0.3, 0.4) is 0 Å². The van der Waals surface area contributed by atoms with Crippen molar-refractivity contribution in [1.29, 1.82) is 0 Å². The molecule has 0 saturated carbocycles. The van der Waals surface area contributed by atoms with Crippen LogP contribution in [-0.4, -0.2) is 61.5 Å². The van der Waals surface area contributed by atoms with Crippen molar-refractivity contribution < 1.29 is 52.7 Å². The largest absolute Gasteiger partial charge is 0.513 e. The molecule has 0 radical (unpaired) electrons. The molecule has 0 aliphatic carbocycles. The lowest BCUT2D eigenvalue weighted by molar-refractivity contribution is -0.139. The third-order valence-corrected chi connectivity index (χ3v) is 5.49. The van der Waals surface area contributed by atoms with Gasteiger partial charge in [-0.2, -0.15) is 0 Å². The number of benzene rings is 1. The summed E-state index contributed by atoms with van der Waals surface area (Å²) in [6.07, 6.45) is -1.20. The number of unbranched alkanes of at least 4 members (excludes halogenated alkanes) is 2. The Morgan fingerprint density at radius 2 is 1.46 bits per heavy atom.